The number of carbonyl (C=O) groups is 1. The highest BCUT2D eigenvalue weighted by atomic mass is 32.2. The van der Waals surface area contributed by atoms with Gasteiger partial charge in [0.25, 0.3) is 10.0 Å². The number of likely N-dealkylation sites (tertiary alicyclic amines) is 1. The Morgan fingerprint density at radius 2 is 1.90 bits per heavy atom. The quantitative estimate of drug-likeness (QED) is 0.836. The molecule has 5 rings (SSSR count). The van der Waals surface area contributed by atoms with Crippen molar-refractivity contribution in [3.63, 3.8) is 0 Å². The average molecular weight is 413 g/mol. The molecule has 3 aliphatic rings. The molecule has 1 amide bonds. The number of aryl methyl sites for hydroxylation is 1. The first kappa shape index (κ1) is 18.6. The number of amides is 1. The fraction of sp³-hybridized carbons (Fsp3) is 0.409. The first-order valence-corrected chi connectivity index (χ1v) is 11.5. The Balaban J connectivity index is 1.59. The molecule has 7 heteroatoms. The first-order chi connectivity index (χ1) is 13.9. The van der Waals surface area contributed by atoms with E-state index in [-0.39, 0.29) is 47.9 Å². The highest BCUT2D eigenvalue weighted by molar-refractivity contribution is 7.92. The molecule has 29 heavy (non-hydrogen) atoms. The smallest absolute Gasteiger partial charge is 0.264 e. The SMILES string of the molecule is Cc1cccc(S(=O)(=O)N2C[C@H]3[C@@H](c4ccccc42)[C@H](CO)N3C(=O)C2CC2)c1. The Hall–Kier alpha value is -2.38. The summed E-state index contributed by atoms with van der Waals surface area (Å²) in [5, 5.41) is 9.98. The number of para-hydroxylation sites is 1. The summed E-state index contributed by atoms with van der Waals surface area (Å²) in [4.78, 5) is 14.8. The summed E-state index contributed by atoms with van der Waals surface area (Å²) < 4.78 is 28.5. The van der Waals surface area contributed by atoms with Gasteiger partial charge in [-0.05, 0) is 49.1 Å². The standard InChI is InChI=1S/C22H24N2O4S/c1-14-5-4-6-16(11-14)29(27,28)23-12-19-21(17-7-2-3-8-18(17)23)20(13-25)24(19)22(26)15-9-10-15/h2-8,11,15,19-21,25H,9-10,12-13H2,1H3/t19-,20-,21+/m0/s1. The molecule has 0 bridgehead atoms. The fourth-order valence-electron chi connectivity index (χ4n) is 4.83. The summed E-state index contributed by atoms with van der Waals surface area (Å²) in [6.07, 6.45) is 1.76. The molecule has 2 aromatic carbocycles. The molecule has 1 aliphatic carbocycles. The van der Waals surface area contributed by atoms with Crippen LogP contribution < -0.4 is 4.31 Å². The number of benzene rings is 2. The van der Waals surface area contributed by atoms with E-state index in [4.69, 9.17) is 0 Å². The average Bonchev–Trinajstić information content (AvgIpc) is 3.53. The number of sulfonamides is 1. The van der Waals surface area contributed by atoms with Crippen molar-refractivity contribution in [2.24, 2.45) is 5.92 Å². The van der Waals surface area contributed by atoms with E-state index in [1.807, 2.05) is 37.3 Å². The number of aliphatic hydroxyl groups excluding tert-OH is 1. The monoisotopic (exact) mass is 412 g/mol. The molecular formula is C22H24N2O4S. The lowest BCUT2D eigenvalue weighted by molar-refractivity contribution is -0.151. The third kappa shape index (κ3) is 2.79. The number of anilines is 1. The lowest BCUT2D eigenvalue weighted by atomic mass is 9.72. The summed E-state index contributed by atoms with van der Waals surface area (Å²) in [6.45, 7) is 1.97. The van der Waals surface area contributed by atoms with Crippen molar-refractivity contribution in [2.75, 3.05) is 17.5 Å². The van der Waals surface area contributed by atoms with Gasteiger partial charge in [0.2, 0.25) is 5.91 Å². The zero-order valence-corrected chi connectivity index (χ0v) is 17.0. The van der Waals surface area contributed by atoms with E-state index < -0.39 is 10.0 Å². The molecule has 1 saturated heterocycles. The van der Waals surface area contributed by atoms with Crippen LogP contribution in [0.3, 0.4) is 0 Å². The summed E-state index contributed by atoms with van der Waals surface area (Å²) >= 11 is 0. The summed E-state index contributed by atoms with van der Waals surface area (Å²) in [5.74, 6) is 0.0458. The lowest BCUT2D eigenvalue weighted by Crippen LogP contribution is -2.71. The topological polar surface area (TPSA) is 77.9 Å². The van der Waals surface area contributed by atoms with E-state index in [0.29, 0.717) is 5.69 Å². The molecule has 6 nitrogen and oxygen atoms in total. The molecule has 0 aromatic heterocycles. The minimum absolute atomic E-state index is 0.0315. The second kappa shape index (κ2) is 6.57. The van der Waals surface area contributed by atoms with Crippen molar-refractivity contribution in [3.05, 3.63) is 59.7 Å². The van der Waals surface area contributed by atoms with E-state index in [0.717, 1.165) is 24.0 Å². The molecule has 0 spiro atoms. The summed E-state index contributed by atoms with van der Waals surface area (Å²) in [6, 6.07) is 13.8. The summed E-state index contributed by atoms with van der Waals surface area (Å²) in [7, 11) is -3.77. The fourth-order valence-corrected chi connectivity index (χ4v) is 6.44. The van der Waals surface area contributed by atoms with E-state index in [1.54, 1.807) is 23.1 Å². The van der Waals surface area contributed by atoms with E-state index in [9.17, 15) is 18.3 Å². The van der Waals surface area contributed by atoms with Crippen LogP contribution in [0, 0.1) is 12.8 Å². The van der Waals surface area contributed by atoms with Gasteiger partial charge in [0.05, 0.1) is 35.8 Å². The van der Waals surface area contributed by atoms with Crippen LogP contribution in [0.1, 0.15) is 29.9 Å². The Morgan fingerprint density at radius 1 is 1.14 bits per heavy atom. The largest absolute Gasteiger partial charge is 0.394 e. The highest BCUT2D eigenvalue weighted by Crippen LogP contribution is 2.51. The number of fused-ring (bicyclic) bond motifs is 3. The normalized spacial score (nSPS) is 25.8. The van der Waals surface area contributed by atoms with Crippen LogP contribution in [0.25, 0.3) is 0 Å². The maximum Gasteiger partial charge on any atom is 0.264 e. The van der Waals surface area contributed by atoms with Crippen LogP contribution in [0.15, 0.2) is 53.4 Å². The second-order valence-corrected chi connectivity index (χ2v) is 10.1. The van der Waals surface area contributed by atoms with Gasteiger partial charge < -0.3 is 10.0 Å². The minimum atomic E-state index is -3.77. The third-order valence-electron chi connectivity index (χ3n) is 6.41. The highest BCUT2D eigenvalue weighted by Gasteiger charge is 2.57. The van der Waals surface area contributed by atoms with Gasteiger partial charge in [-0.2, -0.15) is 0 Å². The number of aliphatic hydroxyl groups is 1. The molecule has 3 atom stereocenters. The second-order valence-electron chi connectivity index (χ2n) is 8.27. The van der Waals surface area contributed by atoms with Crippen LogP contribution in [-0.4, -0.2) is 49.6 Å². The zero-order chi connectivity index (χ0) is 20.3. The number of hydrogen-bond acceptors (Lipinski definition) is 4. The van der Waals surface area contributed by atoms with Crippen molar-refractivity contribution in [1.29, 1.82) is 0 Å². The molecule has 2 aliphatic heterocycles. The number of hydrogen-bond donors (Lipinski definition) is 1. The van der Waals surface area contributed by atoms with Crippen molar-refractivity contribution in [3.8, 4) is 0 Å². The summed E-state index contributed by atoms with van der Waals surface area (Å²) in [5.41, 5.74) is 2.41. The van der Waals surface area contributed by atoms with Gasteiger partial charge in [-0.3, -0.25) is 9.10 Å². The Kier molecular flexibility index (Phi) is 4.22. The molecule has 1 N–H and O–H groups in total. The predicted octanol–water partition coefficient (Wildman–Crippen LogP) is 2.27. The van der Waals surface area contributed by atoms with Crippen molar-refractivity contribution in [1.82, 2.24) is 4.90 Å². The molecule has 2 heterocycles. The number of nitrogens with zero attached hydrogens (tertiary/aromatic N) is 2. The van der Waals surface area contributed by atoms with E-state index in [2.05, 4.69) is 0 Å². The minimum Gasteiger partial charge on any atom is -0.394 e. The van der Waals surface area contributed by atoms with Gasteiger partial charge in [0.15, 0.2) is 0 Å². The van der Waals surface area contributed by atoms with Gasteiger partial charge in [0, 0.05) is 11.8 Å². The van der Waals surface area contributed by atoms with Crippen LogP contribution in [0.5, 0.6) is 0 Å². The van der Waals surface area contributed by atoms with Gasteiger partial charge >= 0.3 is 0 Å². The number of carbonyl (C=O) groups excluding carboxylic acids is 1. The lowest BCUT2D eigenvalue weighted by Gasteiger charge is -2.59. The maximum atomic E-state index is 13.5. The zero-order valence-electron chi connectivity index (χ0n) is 16.2. The Labute approximate surface area is 170 Å². The Bertz CT molecular complexity index is 1080. The van der Waals surface area contributed by atoms with Gasteiger partial charge in [-0.25, -0.2) is 8.42 Å². The van der Waals surface area contributed by atoms with Crippen LogP contribution in [0.2, 0.25) is 0 Å². The van der Waals surface area contributed by atoms with Gasteiger partial charge in [0.1, 0.15) is 0 Å². The van der Waals surface area contributed by atoms with Crippen LogP contribution in [-0.2, 0) is 14.8 Å². The van der Waals surface area contributed by atoms with Crippen LogP contribution in [0.4, 0.5) is 5.69 Å². The molecule has 0 unspecified atom stereocenters. The van der Waals surface area contributed by atoms with Gasteiger partial charge in [-0.1, -0.05) is 30.3 Å². The van der Waals surface area contributed by atoms with Crippen LogP contribution >= 0.6 is 0 Å². The Morgan fingerprint density at radius 3 is 2.59 bits per heavy atom. The number of rotatable bonds is 4. The molecule has 1 saturated carbocycles. The molecule has 152 valence electrons. The van der Waals surface area contributed by atoms with Crippen molar-refractivity contribution in [2.45, 2.75) is 42.7 Å². The van der Waals surface area contributed by atoms with E-state index >= 15 is 0 Å². The van der Waals surface area contributed by atoms with E-state index in [1.165, 1.54) is 4.31 Å². The van der Waals surface area contributed by atoms with Crippen molar-refractivity contribution >= 4 is 21.6 Å². The predicted molar refractivity (Wildman–Crippen MR) is 109 cm³/mol. The maximum absolute atomic E-state index is 13.5. The first-order valence-electron chi connectivity index (χ1n) is 10.0. The van der Waals surface area contributed by atoms with Crippen molar-refractivity contribution < 1.29 is 18.3 Å². The molecule has 2 fully saturated rings. The van der Waals surface area contributed by atoms with Gasteiger partial charge in [-0.15, -0.1) is 0 Å². The molecule has 0 radical (unpaired) electrons. The third-order valence-corrected chi connectivity index (χ3v) is 8.18. The molecule has 2 aromatic rings. The molecular weight excluding hydrogens is 388 g/mol.